The van der Waals surface area contributed by atoms with Gasteiger partial charge < -0.3 is 9.84 Å². The largest absolute Gasteiger partial charge is 0.478 e. The van der Waals surface area contributed by atoms with E-state index in [0.717, 1.165) is 5.69 Å². The van der Waals surface area contributed by atoms with Crippen LogP contribution in [0.15, 0.2) is 42.0 Å². The van der Waals surface area contributed by atoms with Crippen molar-refractivity contribution in [3.8, 4) is 5.69 Å². The number of esters is 1. The zero-order chi connectivity index (χ0) is 16.1. The van der Waals surface area contributed by atoms with Crippen LogP contribution in [0.25, 0.3) is 11.8 Å². The lowest BCUT2D eigenvalue weighted by atomic mass is 10.2. The van der Waals surface area contributed by atoms with E-state index in [4.69, 9.17) is 9.84 Å². The highest BCUT2D eigenvalue weighted by Crippen LogP contribution is 2.16. The number of aromatic nitrogens is 2. The Labute approximate surface area is 127 Å². The van der Waals surface area contributed by atoms with Crippen LogP contribution in [-0.4, -0.2) is 26.8 Å². The summed E-state index contributed by atoms with van der Waals surface area (Å²) in [5.74, 6) is -1.39. The van der Waals surface area contributed by atoms with Crippen LogP contribution in [0.2, 0.25) is 0 Å². The fourth-order valence-electron chi connectivity index (χ4n) is 1.87. The van der Waals surface area contributed by atoms with Crippen molar-refractivity contribution in [2.75, 3.05) is 0 Å². The molecule has 0 unspecified atom stereocenters. The summed E-state index contributed by atoms with van der Waals surface area (Å²) < 4.78 is 6.65. The summed E-state index contributed by atoms with van der Waals surface area (Å²) in [6.45, 7) is 2.89. The van der Waals surface area contributed by atoms with E-state index in [9.17, 15) is 9.59 Å². The van der Waals surface area contributed by atoms with Gasteiger partial charge in [0.05, 0.1) is 17.1 Å². The number of carboxylic acid groups (broad SMARTS) is 1. The molecule has 0 saturated carbocycles. The Morgan fingerprint density at radius 2 is 1.95 bits per heavy atom. The maximum atomic E-state index is 11.0. The van der Waals surface area contributed by atoms with Crippen LogP contribution >= 0.6 is 0 Å². The summed E-state index contributed by atoms with van der Waals surface area (Å²) in [6.07, 6.45) is 1.47. The molecule has 1 heterocycles. The molecule has 22 heavy (non-hydrogen) atoms. The number of carboxylic acids is 1. The van der Waals surface area contributed by atoms with Gasteiger partial charge in [0.2, 0.25) is 0 Å². The van der Waals surface area contributed by atoms with Crippen LogP contribution in [-0.2, 0) is 20.9 Å². The lowest BCUT2D eigenvalue weighted by molar-refractivity contribution is -0.142. The van der Waals surface area contributed by atoms with Gasteiger partial charge in [-0.25, -0.2) is 9.48 Å². The van der Waals surface area contributed by atoms with Gasteiger partial charge in [0, 0.05) is 12.5 Å². The fraction of sp³-hybridized carbons (Fsp3) is 0.188. The first kappa shape index (κ1) is 15.5. The number of aliphatic carboxylic acids is 1. The average Bonchev–Trinajstić information content (AvgIpc) is 2.88. The highest BCUT2D eigenvalue weighted by Gasteiger charge is 2.11. The van der Waals surface area contributed by atoms with E-state index in [0.29, 0.717) is 11.4 Å². The SMILES string of the molecule is CC(=O)OCc1cc(/C=C(\C)C(=O)O)nn1-c1ccccc1. The van der Waals surface area contributed by atoms with Gasteiger partial charge in [0.15, 0.2) is 0 Å². The van der Waals surface area contributed by atoms with E-state index >= 15 is 0 Å². The predicted molar refractivity (Wildman–Crippen MR) is 80.3 cm³/mol. The Morgan fingerprint density at radius 3 is 2.55 bits per heavy atom. The summed E-state index contributed by atoms with van der Waals surface area (Å²) >= 11 is 0. The highest BCUT2D eigenvalue weighted by atomic mass is 16.5. The zero-order valence-corrected chi connectivity index (χ0v) is 12.3. The summed E-state index contributed by atoms with van der Waals surface area (Å²) in [4.78, 5) is 21.9. The average molecular weight is 300 g/mol. The second-order valence-corrected chi connectivity index (χ2v) is 4.72. The Balaban J connectivity index is 2.41. The molecule has 0 atom stereocenters. The third-order valence-electron chi connectivity index (χ3n) is 2.93. The molecule has 1 aromatic heterocycles. The monoisotopic (exact) mass is 300 g/mol. The van der Waals surface area contributed by atoms with Crippen molar-refractivity contribution in [3.05, 3.63) is 53.4 Å². The maximum absolute atomic E-state index is 11.0. The van der Waals surface area contributed by atoms with E-state index < -0.39 is 5.97 Å². The molecule has 2 aromatic rings. The molecule has 0 aliphatic rings. The predicted octanol–water partition coefficient (Wildman–Crippen LogP) is 2.42. The Hall–Kier alpha value is -2.89. The third kappa shape index (κ3) is 3.82. The van der Waals surface area contributed by atoms with Crippen molar-refractivity contribution in [1.29, 1.82) is 0 Å². The van der Waals surface area contributed by atoms with Gasteiger partial charge in [-0.1, -0.05) is 18.2 Å². The minimum absolute atomic E-state index is 0.0667. The minimum Gasteiger partial charge on any atom is -0.478 e. The van der Waals surface area contributed by atoms with Crippen LogP contribution in [0.4, 0.5) is 0 Å². The summed E-state index contributed by atoms with van der Waals surface area (Å²) in [5.41, 5.74) is 2.13. The molecule has 0 fully saturated rings. The smallest absolute Gasteiger partial charge is 0.331 e. The molecule has 0 radical (unpaired) electrons. The van der Waals surface area contributed by atoms with Gasteiger partial charge in [0.25, 0.3) is 0 Å². The van der Waals surface area contributed by atoms with E-state index in [1.807, 2.05) is 30.3 Å². The van der Waals surface area contributed by atoms with Gasteiger partial charge in [-0.3, -0.25) is 4.79 Å². The molecule has 0 aliphatic carbocycles. The molecule has 6 heteroatoms. The second kappa shape index (κ2) is 6.71. The number of carbonyl (C=O) groups is 2. The zero-order valence-electron chi connectivity index (χ0n) is 12.3. The summed E-state index contributed by atoms with van der Waals surface area (Å²) in [6, 6.07) is 11.0. The number of hydrogen-bond donors (Lipinski definition) is 1. The van der Waals surface area contributed by atoms with Gasteiger partial charge in [-0.2, -0.15) is 5.10 Å². The van der Waals surface area contributed by atoms with E-state index in [-0.39, 0.29) is 18.1 Å². The Bertz CT molecular complexity index is 717. The molecule has 0 bridgehead atoms. The van der Waals surface area contributed by atoms with E-state index in [2.05, 4.69) is 5.10 Å². The van der Waals surface area contributed by atoms with E-state index in [1.54, 1.807) is 10.7 Å². The van der Waals surface area contributed by atoms with Crippen molar-refractivity contribution >= 4 is 18.0 Å². The van der Waals surface area contributed by atoms with Gasteiger partial charge in [-0.05, 0) is 31.2 Å². The first-order chi connectivity index (χ1) is 10.5. The van der Waals surface area contributed by atoms with Gasteiger partial charge >= 0.3 is 11.9 Å². The molecule has 114 valence electrons. The lowest BCUT2D eigenvalue weighted by Crippen LogP contribution is -2.06. The number of nitrogens with zero attached hydrogens (tertiary/aromatic N) is 2. The number of carbonyl (C=O) groups excluding carboxylic acids is 1. The quantitative estimate of drug-likeness (QED) is 0.677. The number of ether oxygens (including phenoxy) is 1. The fourth-order valence-corrected chi connectivity index (χ4v) is 1.87. The van der Waals surface area contributed by atoms with Gasteiger partial charge in [-0.15, -0.1) is 0 Å². The molecule has 2 rings (SSSR count). The molecule has 0 spiro atoms. The number of hydrogen-bond acceptors (Lipinski definition) is 4. The van der Waals surface area contributed by atoms with Crippen LogP contribution in [0.5, 0.6) is 0 Å². The Kier molecular flexibility index (Phi) is 4.73. The lowest BCUT2D eigenvalue weighted by Gasteiger charge is -2.06. The highest BCUT2D eigenvalue weighted by molar-refractivity contribution is 5.91. The van der Waals surface area contributed by atoms with Crippen LogP contribution in [0.3, 0.4) is 0 Å². The standard InChI is InChI=1S/C16H16N2O4/c1-11(16(20)21)8-13-9-15(10-22-12(2)19)18(17-13)14-6-4-3-5-7-14/h3-9H,10H2,1-2H3,(H,20,21)/b11-8+. The van der Waals surface area contributed by atoms with E-state index in [1.165, 1.54) is 19.9 Å². The minimum atomic E-state index is -1.00. The maximum Gasteiger partial charge on any atom is 0.331 e. The van der Waals surface area contributed by atoms with Crippen molar-refractivity contribution in [2.24, 2.45) is 0 Å². The molecule has 0 amide bonds. The summed E-state index contributed by atoms with van der Waals surface area (Å²) in [7, 11) is 0. The van der Waals surface area contributed by atoms with Crippen molar-refractivity contribution in [2.45, 2.75) is 20.5 Å². The molecule has 6 nitrogen and oxygen atoms in total. The third-order valence-corrected chi connectivity index (χ3v) is 2.93. The van der Waals surface area contributed by atoms with Crippen LogP contribution < -0.4 is 0 Å². The molecule has 0 aliphatic heterocycles. The molecular formula is C16H16N2O4. The first-order valence-electron chi connectivity index (χ1n) is 6.66. The van der Waals surface area contributed by atoms with Crippen molar-refractivity contribution in [3.63, 3.8) is 0 Å². The number of benzene rings is 1. The van der Waals surface area contributed by atoms with Crippen LogP contribution in [0, 0.1) is 0 Å². The molecule has 1 N–H and O–H groups in total. The van der Waals surface area contributed by atoms with Crippen molar-refractivity contribution in [1.82, 2.24) is 9.78 Å². The molecule has 1 aromatic carbocycles. The topological polar surface area (TPSA) is 81.4 Å². The van der Waals surface area contributed by atoms with Gasteiger partial charge in [0.1, 0.15) is 6.61 Å². The normalized spacial score (nSPS) is 11.3. The van der Waals surface area contributed by atoms with Crippen molar-refractivity contribution < 1.29 is 19.4 Å². The second-order valence-electron chi connectivity index (χ2n) is 4.72. The number of para-hydroxylation sites is 1. The molecular weight excluding hydrogens is 284 g/mol. The van der Waals surface area contributed by atoms with Crippen LogP contribution in [0.1, 0.15) is 25.2 Å². The number of rotatable bonds is 5. The first-order valence-corrected chi connectivity index (χ1v) is 6.66. The summed E-state index contributed by atoms with van der Waals surface area (Å²) in [5, 5.41) is 13.3. The Morgan fingerprint density at radius 1 is 1.27 bits per heavy atom. The molecule has 0 saturated heterocycles.